The fourth-order valence-corrected chi connectivity index (χ4v) is 0. The molecule has 0 radical (unpaired) electrons. The summed E-state index contributed by atoms with van der Waals surface area (Å²) in [6.07, 6.45) is 1.10. The molecule has 0 heterocycles. The molecule has 2 heteroatoms. The van der Waals surface area contributed by atoms with E-state index in [0.29, 0.717) is 0 Å². The number of hydrogen-bond donors (Lipinski definition) is 2. The van der Waals surface area contributed by atoms with Crippen LogP contribution in [-0.2, 0) is 0 Å². The highest BCUT2D eigenvalue weighted by Crippen LogP contribution is 1.93. The molecule has 0 spiro atoms. The zero-order valence-electron chi connectivity index (χ0n) is 6.94. The van der Waals surface area contributed by atoms with Gasteiger partial charge in [-0.15, -0.1) is 0 Å². The maximum atomic E-state index is 8.52. The Morgan fingerprint density at radius 2 is 1.44 bits per heavy atom. The van der Waals surface area contributed by atoms with Gasteiger partial charge in [0.25, 0.3) is 0 Å². The van der Waals surface area contributed by atoms with Gasteiger partial charge in [-0.05, 0) is 33.7 Å². The van der Waals surface area contributed by atoms with Gasteiger partial charge in [0.05, 0.1) is 5.60 Å². The van der Waals surface area contributed by atoms with Gasteiger partial charge in [0.1, 0.15) is 0 Å². The highest BCUT2D eigenvalue weighted by molar-refractivity contribution is 4.50. The van der Waals surface area contributed by atoms with Crippen LogP contribution in [0.5, 0.6) is 0 Å². The zero-order chi connectivity index (χ0) is 7.91. The number of rotatable bonds is 1. The Hall–Kier alpha value is -0.0800. The lowest BCUT2D eigenvalue weighted by atomic mass is 10.2. The van der Waals surface area contributed by atoms with Crippen molar-refractivity contribution in [3.8, 4) is 0 Å². The molecule has 0 aromatic rings. The van der Waals surface area contributed by atoms with Crippen LogP contribution < -0.4 is 5.73 Å². The highest BCUT2D eigenvalue weighted by atomic mass is 16.3. The lowest BCUT2D eigenvalue weighted by Crippen LogP contribution is -2.10. The Bertz CT molecular complexity index is 39.4. The molecule has 0 fully saturated rings. The Kier molecular flexibility index (Phi) is 7.85. The van der Waals surface area contributed by atoms with E-state index in [9.17, 15) is 0 Å². The van der Waals surface area contributed by atoms with Gasteiger partial charge in [-0.2, -0.15) is 0 Å². The van der Waals surface area contributed by atoms with Crippen LogP contribution in [-0.4, -0.2) is 17.3 Å². The highest BCUT2D eigenvalue weighted by Gasteiger charge is 1.97. The van der Waals surface area contributed by atoms with E-state index in [1.165, 1.54) is 0 Å². The third-order valence-corrected chi connectivity index (χ3v) is 0.289. The van der Waals surface area contributed by atoms with Crippen molar-refractivity contribution in [1.29, 1.82) is 0 Å². The van der Waals surface area contributed by atoms with Gasteiger partial charge >= 0.3 is 0 Å². The zero-order valence-corrected chi connectivity index (χ0v) is 6.94. The number of nitrogens with two attached hydrogens (primary N) is 1. The molecule has 0 aliphatic rings. The number of aliphatic hydroxyl groups is 1. The van der Waals surface area contributed by atoms with Crippen molar-refractivity contribution in [1.82, 2.24) is 0 Å². The molecule has 0 saturated heterocycles. The van der Waals surface area contributed by atoms with E-state index in [4.69, 9.17) is 10.8 Å². The van der Waals surface area contributed by atoms with Crippen molar-refractivity contribution in [3.63, 3.8) is 0 Å². The average molecular weight is 133 g/mol. The van der Waals surface area contributed by atoms with Gasteiger partial charge in [-0.3, -0.25) is 0 Å². The summed E-state index contributed by atoms with van der Waals surface area (Å²) < 4.78 is 0. The maximum Gasteiger partial charge on any atom is 0.0563 e. The molecule has 0 aliphatic carbocycles. The van der Waals surface area contributed by atoms with Crippen LogP contribution >= 0.6 is 0 Å². The first-order chi connectivity index (χ1) is 3.91. The summed E-state index contributed by atoms with van der Waals surface area (Å²) in [5, 5.41) is 8.52. The summed E-state index contributed by atoms with van der Waals surface area (Å²) in [6, 6.07) is 0. The van der Waals surface area contributed by atoms with E-state index < -0.39 is 5.60 Å². The maximum absolute atomic E-state index is 8.52. The van der Waals surface area contributed by atoms with Crippen LogP contribution in [0.2, 0.25) is 0 Å². The third-order valence-electron chi connectivity index (χ3n) is 0.289. The summed E-state index contributed by atoms with van der Waals surface area (Å²) in [4.78, 5) is 0. The monoisotopic (exact) mass is 133 g/mol. The standard InChI is InChI=1S/C4H10O.C3H9N/c1-4(2,3)5;1-2-3-4/h5H,1-3H3;2-4H2,1H3. The van der Waals surface area contributed by atoms with Crippen LogP contribution in [0.4, 0.5) is 0 Å². The van der Waals surface area contributed by atoms with E-state index in [1.54, 1.807) is 20.8 Å². The molecule has 0 saturated carbocycles. The topological polar surface area (TPSA) is 46.2 Å². The minimum absolute atomic E-state index is 0.500. The summed E-state index contributed by atoms with van der Waals surface area (Å²) in [6.45, 7) is 8.10. The summed E-state index contributed by atoms with van der Waals surface area (Å²) >= 11 is 0. The Balaban J connectivity index is 0. The SMILES string of the molecule is CC(C)(C)O.CCCN. The first-order valence-corrected chi connectivity index (χ1v) is 3.34. The van der Waals surface area contributed by atoms with Crippen molar-refractivity contribution >= 4 is 0 Å². The van der Waals surface area contributed by atoms with Crippen molar-refractivity contribution in [2.24, 2.45) is 5.73 Å². The van der Waals surface area contributed by atoms with Crippen molar-refractivity contribution < 1.29 is 5.11 Å². The third kappa shape index (κ3) is 328. The molecule has 0 amide bonds. The quantitative estimate of drug-likeness (QED) is 0.563. The van der Waals surface area contributed by atoms with Crippen LogP contribution in [0.15, 0.2) is 0 Å². The molecular formula is C7H19NO. The van der Waals surface area contributed by atoms with Crippen LogP contribution in [0.3, 0.4) is 0 Å². The molecule has 0 atom stereocenters. The Morgan fingerprint density at radius 3 is 1.44 bits per heavy atom. The molecule has 9 heavy (non-hydrogen) atoms. The van der Waals surface area contributed by atoms with Gasteiger partial charge in [-0.1, -0.05) is 6.92 Å². The number of hydrogen-bond acceptors (Lipinski definition) is 2. The van der Waals surface area contributed by atoms with Crippen LogP contribution in [0.25, 0.3) is 0 Å². The van der Waals surface area contributed by atoms with Gasteiger partial charge in [0.2, 0.25) is 0 Å². The molecule has 0 bridgehead atoms. The van der Waals surface area contributed by atoms with E-state index >= 15 is 0 Å². The van der Waals surface area contributed by atoms with Gasteiger partial charge < -0.3 is 10.8 Å². The molecular weight excluding hydrogens is 114 g/mol. The second kappa shape index (κ2) is 6.05. The summed E-state index contributed by atoms with van der Waals surface area (Å²) in [5.74, 6) is 0. The van der Waals surface area contributed by atoms with Crippen molar-refractivity contribution in [2.45, 2.75) is 39.7 Å². The molecule has 0 unspecified atom stereocenters. The van der Waals surface area contributed by atoms with E-state index in [0.717, 1.165) is 13.0 Å². The van der Waals surface area contributed by atoms with Gasteiger partial charge in [-0.25, -0.2) is 0 Å². The fraction of sp³-hybridized carbons (Fsp3) is 1.00. The molecule has 0 rings (SSSR count). The molecule has 2 nitrogen and oxygen atoms in total. The molecule has 0 aromatic carbocycles. The minimum Gasteiger partial charge on any atom is -0.391 e. The van der Waals surface area contributed by atoms with E-state index in [2.05, 4.69) is 6.92 Å². The first kappa shape index (κ1) is 11.7. The minimum atomic E-state index is -0.500. The summed E-state index contributed by atoms with van der Waals surface area (Å²) in [5.41, 5.74) is 4.53. The normalized spacial score (nSPS) is 10.0. The molecule has 0 aromatic heterocycles. The van der Waals surface area contributed by atoms with E-state index in [1.807, 2.05) is 0 Å². The van der Waals surface area contributed by atoms with Crippen LogP contribution in [0.1, 0.15) is 34.1 Å². The lowest BCUT2D eigenvalue weighted by molar-refractivity contribution is 0.102. The summed E-state index contributed by atoms with van der Waals surface area (Å²) in [7, 11) is 0. The average Bonchev–Trinajstić information content (AvgIpc) is 1.61. The Labute approximate surface area is 58.1 Å². The van der Waals surface area contributed by atoms with E-state index in [-0.39, 0.29) is 0 Å². The largest absolute Gasteiger partial charge is 0.391 e. The predicted molar refractivity (Wildman–Crippen MR) is 41.3 cm³/mol. The fourth-order valence-electron chi connectivity index (χ4n) is 0. The van der Waals surface area contributed by atoms with Crippen molar-refractivity contribution in [3.05, 3.63) is 0 Å². The second-order valence-corrected chi connectivity index (χ2v) is 2.96. The lowest BCUT2D eigenvalue weighted by Gasteiger charge is -2.04. The Morgan fingerprint density at radius 1 is 1.33 bits per heavy atom. The first-order valence-electron chi connectivity index (χ1n) is 3.34. The van der Waals surface area contributed by atoms with Crippen LogP contribution in [0, 0.1) is 0 Å². The smallest absolute Gasteiger partial charge is 0.0563 e. The molecule has 3 N–H and O–H groups in total. The molecule has 0 aliphatic heterocycles. The predicted octanol–water partition coefficient (Wildman–Crippen LogP) is 1.13. The van der Waals surface area contributed by atoms with Gasteiger partial charge in [0.15, 0.2) is 0 Å². The molecule has 58 valence electrons. The van der Waals surface area contributed by atoms with Gasteiger partial charge in [0, 0.05) is 0 Å². The second-order valence-electron chi connectivity index (χ2n) is 2.96. The van der Waals surface area contributed by atoms with Crippen molar-refractivity contribution in [2.75, 3.05) is 6.54 Å².